The maximum absolute atomic E-state index is 8.91. The minimum absolute atomic E-state index is 0.0501. The summed E-state index contributed by atoms with van der Waals surface area (Å²) in [4.78, 5) is 6.65. The number of aliphatic hydroxyl groups excluding tert-OH is 1. The third-order valence-corrected chi connectivity index (χ3v) is 3.38. The third-order valence-electron chi connectivity index (χ3n) is 3.38. The summed E-state index contributed by atoms with van der Waals surface area (Å²) in [5.41, 5.74) is 0. The van der Waals surface area contributed by atoms with Gasteiger partial charge in [0.25, 0.3) is 0 Å². The van der Waals surface area contributed by atoms with Gasteiger partial charge in [0.1, 0.15) is 18.5 Å². The quantitative estimate of drug-likeness (QED) is 0.729. The Morgan fingerprint density at radius 2 is 2.50 bits per heavy atom. The van der Waals surface area contributed by atoms with Gasteiger partial charge in [0, 0.05) is 12.6 Å². The fourth-order valence-corrected chi connectivity index (χ4v) is 2.50. The fourth-order valence-electron chi connectivity index (χ4n) is 2.50. The first kappa shape index (κ1) is 10.2. The average molecular weight is 224 g/mol. The fraction of sp³-hybridized carbons (Fsp3) is 0.800. The maximum atomic E-state index is 8.91. The van der Waals surface area contributed by atoms with Gasteiger partial charge in [0.2, 0.25) is 0 Å². The Kier molecular flexibility index (Phi) is 2.62. The van der Waals surface area contributed by atoms with Crippen LogP contribution in [0.2, 0.25) is 0 Å². The number of aromatic nitrogens is 3. The van der Waals surface area contributed by atoms with Crippen LogP contribution in [-0.2, 0) is 11.3 Å². The summed E-state index contributed by atoms with van der Waals surface area (Å²) in [5.74, 6) is 1.16. The molecule has 6 heteroatoms. The molecule has 0 bridgehead atoms. The maximum Gasteiger partial charge on any atom is 0.180 e. The van der Waals surface area contributed by atoms with Gasteiger partial charge in [-0.2, -0.15) is 5.10 Å². The Morgan fingerprint density at radius 3 is 3.31 bits per heavy atom. The molecule has 2 atom stereocenters. The van der Waals surface area contributed by atoms with Crippen LogP contribution >= 0.6 is 0 Å². The van der Waals surface area contributed by atoms with Gasteiger partial charge in [0.05, 0.1) is 6.61 Å². The summed E-state index contributed by atoms with van der Waals surface area (Å²) in [5, 5.41) is 15.7. The van der Waals surface area contributed by atoms with Gasteiger partial charge >= 0.3 is 0 Å². The molecule has 2 N–H and O–H groups in total. The van der Waals surface area contributed by atoms with Crippen LogP contribution in [0, 0.1) is 0 Å². The molecule has 1 aromatic rings. The first-order valence-electron chi connectivity index (χ1n) is 5.74. The largest absolute Gasteiger partial charge is 0.388 e. The van der Waals surface area contributed by atoms with Gasteiger partial charge in [-0.3, -0.25) is 10.00 Å². The monoisotopic (exact) mass is 224 g/mol. The van der Waals surface area contributed by atoms with Crippen LogP contribution in [0.25, 0.3) is 0 Å². The Morgan fingerprint density at radius 1 is 1.56 bits per heavy atom. The van der Waals surface area contributed by atoms with Crippen LogP contribution in [0.1, 0.15) is 30.6 Å². The van der Waals surface area contributed by atoms with Crippen molar-refractivity contribution >= 4 is 0 Å². The summed E-state index contributed by atoms with van der Waals surface area (Å²) in [7, 11) is 0. The summed E-state index contributed by atoms with van der Waals surface area (Å²) in [6.45, 7) is 2.69. The molecule has 2 saturated heterocycles. The predicted octanol–water partition coefficient (Wildman–Crippen LogP) is -0.167. The lowest BCUT2D eigenvalue weighted by Gasteiger charge is -2.33. The number of H-pyrrole nitrogens is 1. The normalized spacial score (nSPS) is 30.6. The SMILES string of the molecule is OCc1nc(C2CN3CCCC3CO2)n[nH]1. The molecule has 0 saturated carbocycles. The molecule has 16 heavy (non-hydrogen) atoms. The van der Waals surface area contributed by atoms with Gasteiger partial charge in [-0.1, -0.05) is 0 Å². The highest BCUT2D eigenvalue weighted by Crippen LogP contribution is 2.28. The van der Waals surface area contributed by atoms with Crippen LogP contribution in [0.15, 0.2) is 0 Å². The number of hydrogen-bond acceptors (Lipinski definition) is 5. The van der Waals surface area contributed by atoms with Gasteiger partial charge in [-0.25, -0.2) is 4.98 Å². The molecule has 2 aliphatic heterocycles. The zero-order valence-electron chi connectivity index (χ0n) is 9.09. The minimum atomic E-state index is -0.105. The number of nitrogens with zero attached hydrogens (tertiary/aromatic N) is 3. The molecule has 0 spiro atoms. The molecule has 0 radical (unpaired) electrons. The minimum Gasteiger partial charge on any atom is -0.388 e. The van der Waals surface area contributed by atoms with E-state index in [0.29, 0.717) is 17.7 Å². The molecular weight excluding hydrogens is 208 g/mol. The van der Waals surface area contributed by atoms with Crippen molar-refractivity contribution in [3.8, 4) is 0 Å². The number of morpholine rings is 1. The molecule has 3 rings (SSSR count). The number of rotatable bonds is 2. The molecule has 0 aliphatic carbocycles. The lowest BCUT2D eigenvalue weighted by atomic mass is 10.2. The van der Waals surface area contributed by atoms with Gasteiger partial charge in [0.15, 0.2) is 5.82 Å². The molecule has 1 aromatic heterocycles. The molecule has 0 aromatic carbocycles. The van der Waals surface area contributed by atoms with Crippen molar-refractivity contribution in [2.45, 2.75) is 31.6 Å². The zero-order valence-corrected chi connectivity index (χ0v) is 9.09. The topological polar surface area (TPSA) is 74.3 Å². The first-order valence-corrected chi connectivity index (χ1v) is 5.74. The summed E-state index contributed by atoms with van der Waals surface area (Å²) < 4.78 is 5.77. The Labute approximate surface area is 93.6 Å². The second-order valence-corrected chi connectivity index (χ2v) is 4.41. The Bertz CT molecular complexity index is 367. The van der Waals surface area contributed by atoms with Crippen molar-refractivity contribution in [1.29, 1.82) is 0 Å². The first-order chi connectivity index (χ1) is 7.86. The van der Waals surface area contributed by atoms with Crippen LogP contribution < -0.4 is 0 Å². The molecular formula is C10H16N4O2. The van der Waals surface area contributed by atoms with Gasteiger partial charge in [-0.05, 0) is 19.4 Å². The smallest absolute Gasteiger partial charge is 0.180 e. The van der Waals surface area contributed by atoms with Gasteiger partial charge in [-0.15, -0.1) is 0 Å². The molecule has 2 unspecified atom stereocenters. The van der Waals surface area contributed by atoms with Crippen molar-refractivity contribution in [2.24, 2.45) is 0 Å². The lowest BCUT2D eigenvalue weighted by Crippen LogP contribution is -2.42. The van der Waals surface area contributed by atoms with E-state index in [1.54, 1.807) is 0 Å². The van der Waals surface area contributed by atoms with E-state index in [4.69, 9.17) is 9.84 Å². The molecule has 2 aliphatic rings. The van der Waals surface area contributed by atoms with E-state index in [1.807, 2.05) is 0 Å². The molecule has 0 amide bonds. The van der Waals surface area contributed by atoms with Crippen molar-refractivity contribution in [3.05, 3.63) is 11.6 Å². The van der Waals surface area contributed by atoms with Crippen LogP contribution in [0.5, 0.6) is 0 Å². The second kappa shape index (κ2) is 4.12. The number of ether oxygens (including phenoxy) is 1. The van der Waals surface area contributed by atoms with E-state index in [-0.39, 0.29) is 12.7 Å². The van der Waals surface area contributed by atoms with E-state index in [1.165, 1.54) is 12.8 Å². The molecule has 6 nitrogen and oxygen atoms in total. The second-order valence-electron chi connectivity index (χ2n) is 4.41. The number of nitrogens with one attached hydrogen (secondary N) is 1. The van der Waals surface area contributed by atoms with E-state index in [9.17, 15) is 0 Å². The van der Waals surface area contributed by atoms with Crippen LogP contribution in [0.4, 0.5) is 0 Å². The van der Waals surface area contributed by atoms with E-state index in [2.05, 4.69) is 20.1 Å². The third kappa shape index (κ3) is 1.73. The highest BCUT2D eigenvalue weighted by molar-refractivity contribution is 4.98. The average Bonchev–Trinajstić information content (AvgIpc) is 2.96. The van der Waals surface area contributed by atoms with Crippen molar-refractivity contribution in [2.75, 3.05) is 19.7 Å². The summed E-state index contributed by atoms with van der Waals surface area (Å²) in [6, 6.07) is 0.590. The van der Waals surface area contributed by atoms with Crippen molar-refractivity contribution in [3.63, 3.8) is 0 Å². The van der Waals surface area contributed by atoms with Crippen LogP contribution in [-0.4, -0.2) is 50.9 Å². The van der Waals surface area contributed by atoms with Crippen molar-refractivity contribution < 1.29 is 9.84 Å². The number of hydrogen-bond donors (Lipinski definition) is 2. The molecule has 2 fully saturated rings. The van der Waals surface area contributed by atoms with Gasteiger partial charge < -0.3 is 9.84 Å². The van der Waals surface area contributed by atoms with E-state index < -0.39 is 0 Å². The zero-order chi connectivity index (χ0) is 11.0. The predicted molar refractivity (Wildman–Crippen MR) is 55.6 cm³/mol. The molecule has 3 heterocycles. The Hall–Kier alpha value is -0.980. The van der Waals surface area contributed by atoms with Crippen molar-refractivity contribution in [1.82, 2.24) is 20.1 Å². The summed E-state index contributed by atoms with van der Waals surface area (Å²) in [6.07, 6.45) is 2.45. The summed E-state index contributed by atoms with van der Waals surface area (Å²) >= 11 is 0. The highest BCUT2D eigenvalue weighted by Gasteiger charge is 2.34. The highest BCUT2D eigenvalue weighted by atomic mass is 16.5. The van der Waals surface area contributed by atoms with E-state index in [0.717, 1.165) is 19.7 Å². The van der Waals surface area contributed by atoms with E-state index >= 15 is 0 Å². The number of aliphatic hydroxyl groups is 1. The molecule has 88 valence electrons. The number of aromatic amines is 1. The number of fused-ring (bicyclic) bond motifs is 1. The van der Waals surface area contributed by atoms with Crippen LogP contribution in [0.3, 0.4) is 0 Å². The standard InChI is InChI=1S/C10H16N4O2/c15-5-9-11-10(13-12-9)8-4-14-3-1-2-7(14)6-16-8/h7-8,15H,1-6H2,(H,11,12,13). The Balaban J connectivity index is 1.71. The lowest BCUT2D eigenvalue weighted by molar-refractivity contribution is -0.0540.